The Kier molecular flexibility index (Phi) is 4.37. The van der Waals surface area contributed by atoms with Gasteiger partial charge >= 0.3 is 23.2 Å². The molecule has 0 bridgehead atoms. The van der Waals surface area contributed by atoms with E-state index in [1.54, 1.807) is 0 Å². The van der Waals surface area contributed by atoms with E-state index in [4.69, 9.17) is 24.5 Å². The molecule has 1 atom stereocenters. The molecule has 0 aliphatic carbocycles. The standard InChI is InChI=1S/C2H7O8P3/c3-11(4)1-2(12(5,6)7)13(8,9)10/h2H,1H2,(H4-,3,4,5,6,7,8,9,10)/p+1. The molecule has 78 valence electrons. The second kappa shape index (κ2) is 4.26. The number of hydrogen-bond acceptors (Lipinski definition) is 3. The van der Waals surface area contributed by atoms with Crippen LogP contribution in [-0.2, 0) is 13.7 Å². The fraction of sp³-hybridized carbons (Fsp3) is 1.00. The zero-order valence-corrected chi connectivity index (χ0v) is 8.77. The fourth-order valence-corrected chi connectivity index (χ4v) is 4.94. The first-order valence-electron chi connectivity index (χ1n) is 2.79. The lowest BCUT2D eigenvalue weighted by Crippen LogP contribution is -2.12. The molecule has 0 heterocycles. The van der Waals surface area contributed by atoms with Gasteiger partial charge in [-0.15, -0.1) is 0 Å². The molecule has 8 nitrogen and oxygen atoms in total. The van der Waals surface area contributed by atoms with Crippen LogP contribution in [0.5, 0.6) is 0 Å². The van der Waals surface area contributed by atoms with Crippen LogP contribution in [0.1, 0.15) is 0 Å². The van der Waals surface area contributed by atoms with Gasteiger partial charge in [0, 0.05) is 0 Å². The molecule has 0 saturated heterocycles. The van der Waals surface area contributed by atoms with E-state index in [0.29, 0.717) is 0 Å². The summed E-state index contributed by atoms with van der Waals surface area (Å²) in [4.78, 5) is 42.0. The van der Waals surface area contributed by atoms with Crippen molar-refractivity contribution in [2.75, 3.05) is 6.16 Å². The predicted octanol–water partition coefficient (Wildman–Crippen LogP) is -0.597. The molecule has 13 heavy (non-hydrogen) atoms. The van der Waals surface area contributed by atoms with Crippen LogP contribution in [0.3, 0.4) is 0 Å². The van der Waals surface area contributed by atoms with Crippen LogP contribution in [0.4, 0.5) is 0 Å². The van der Waals surface area contributed by atoms with Gasteiger partial charge in [0.05, 0.1) is 0 Å². The summed E-state index contributed by atoms with van der Waals surface area (Å²) in [7, 11) is -13.1. The third-order valence-corrected chi connectivity index (χ3v) is 6.07. The smallest absolute Gasteiger partial charge is 0.324 e. The van der Waals surface area contributed by atoms with Gasteiger partial charge in [-0.1, -0.05) is 0 Å². The third kappa shape index (κ3) is 4.96. The minimum Gasteiger partial charge on any atom is -0.324 e. The first kappa shape index (κ1) is 13.4. The molecule has 0 aromatic heterocycles. The van der Waals surface area contributed by atoms with Gasteiger partial charge in [-0.25, -0.2) is 0 Å². The van der Waals surface area contributed by atoms with Gasteiger partial charge in [0.1, 0.15) is 0 Å². The maximum atomic E-state index is 10.5. The first-order valence-corrected chi connectivity index (χ1v) is 7.55. The van der Waals surface area contributed by atoms with Crippen molar-refractivity contribution in [2.24, 2.45) is 0 Å². The first-order chi connectivity index (χ1) is 5.55. The van der Waals surface area contributed by atoms with Crippen LogP contribution in [0.25, 0.3) is 0 Å². The molecule has 0 radical (unpaired) electrons. The minimum atomic E-state index is -5.06. The lowest BCUT2D eigenvalue weighted by atomic mass is 10.9. The van der Waals surface area contributed by atoms with E-state index in [-0.39, 0.29) is 0 Å². The highest BCUT2D eigenvalue weighted by atomic mass is 31.2. The van der Waals surface area contributed by atoms with Crippen LogP contribution < -0.4 is 0 Å². The maximum absolute atomic E-state index is 10.5. The van der Waals surface area contributed by atoms with Crippen molar-refractivity contribution in [1.29, 1.82) is 0 Å². The highest BCUT2D eigenvalue weighted by Gasteiger charge is 2.48. The normalized spacial score (nSPS) is 14.8. The Balaban J connectivity index is 4.90. The second-order valence-electron chi connectivity index (χ2n) is 2.19. The van der Waals surface area contributed by atoms with E-state index < -0.39 is 34.8 Å². The van der Waals surface area contributed by atoms with Gasteiger partial charge in [-0.3, -0.25) is 9.13 Å². The summed E-state index contributed by atoms with van der Waals surface area (Å²) in [5.41, 5.74) is 0. The predicted molar refractivity (Wildman–Crippen MR) is 42.6 cm³/mol. The van der Waals surface area contributed by atoms with Crippen molar-refractivity contribution in [2.45, 2.75) is 5.40 Å². The average molecular weight is 253 g/mol. The summed E-state index contributed by atoms with van der Waals surface area (Å²) >= 11 is 0. The van der Waals surface area contributed by atoms with Crippen molar-refractivity contribution in [3.63, 3.8) is 0 Å². The Hall–Kier alpha value is 0.360. The molecule has 1 unspecified atom stereocenters. The van der Waals surface area contributed by atoms with E-state index >= 15 is 0 Å². The number of hydrogen-bond donors (Lipinski definition) is 5. The van der Waals surface area contributed by atoms with Crippen LogP contribution in [0.15, 0.2) is 0 Å². The topological polar surface area (TPSA) is 152 Å². The number of rotatable bonds is 4. The Labute approximate surface area is 73.8 Å². The molecule has 0 aliphatic heterocycles. The van der Waals surface area contributed by atoms with Crippen LogP contribution in [0.2, 0.25) is 0 Å². The van der Waals surface area contributed by atoms with Crippen molar-refractivity contribution < 1.29 is 38.2 Å². The summed E-state index contributed by atoms with van der Waals surface area (Å²) in [6.07, 6.45) is -1.12. The summed E-state index contributed by atoms with van der Waals surface area (Å²) < 4.78 is 31.1. The van der Waals surface area contributed by atoms with Crippen LogP contribution in [0, 0.1) is 0 Å². The van der Waals surface area contributed by atoms with E-state index in [9.17, 15) is 13.7 Å². The molecule has 0 amide bonds. The van der Waals surface area contributed by atoms with Gasteiger partial charge in [-0.05, 0) is 4.57 Å². The summed E-state index contributed by atoms with van der Waals surface area (Å²) in [6, 6.07) is 0. The van der Waals surface area contributed by atoms with Crippen LogP contribution >= 0.6 is 23.2 Å². The van der Waals surface area contributed by atoms with E-state index in [1.165, 1.54) is 0 Å². The summed E-state index contributed by atoms with van der Waals surface area (Å²) in [5, 5.41) is -2.39. The highest BCUT2D eigenvalue weighted by molar-refractivity contribution is 7.71. The largest absolute Gasteiger partial charge is 0.507 e. The lowest BCUT2D eigenvalue weighted by Gasteiger charge is -2.14. The maximum Gasteiger partial charge on any atom is 0.507 e. The lowest BCUT2D eigenvalue weighted by molar-refractivity contribution is 0.341. The van der Waals surface area contributed by atoms with Crippen molar-refractivity contribution in [3.05, 3.63) is 0 Å². The zero-order chi connectivity index (χ0) is 10.9. The van der Waals surface area contributed by atoms with Gasteiger partial charge in [0.15, 0.2) is 0 Å². The SMILES string of the molecule is O=[P+](O)CC(P(=O)(O)O)P(=O)(O)O. The van der Waals surface area contributed by atoms with Gasteiger partial charge in [-0.2, -0.15) is 4.89 Å². The molecule has 11 heteroatoms. The van der Waals surface area contributed by atoms with Crippen molar-refractivity contribution in [1.82, 2.24) is 0 Å². The molecule has 0 saturated carbocycles. The molecule has 0 rings (SSSR count). The van der Waals surface area contributed by atoms with Crippen LogP contribution in [-0.4, -0.2) is 36.0 Å². The van der Waals surface area contributed by atoms with Gasteiger partial charge in [0.2, 0.25) is 11.6 Å². The van der Waals surface area contributed by atoms with Crippen molar-refractivity contribution in [3.8, 4) is 0 Å². The monoisotopic (exact) mass is 253 g/mol. The molecule has 5 N–H and O–H groups in total. The molecule has 0 aliphatic rings. The van der Waals surface area contributed by atoms with Gasteiger partial charge in [0.25, 0.3) is 0 Å². The third-order valence-electron chi connectivity index (χ3n) is 1.10. The summed E-state index contributed by atoms with van der Waals surface area (Å²) in [5.74, 6) is 0. The molecule has 0 fully saturated rings. The molecule has 0 spiro atoms. The molecule has 0 aromatic carbocycles. The van der Waals surface area contributed by atoms with E-state index in [1.807, 2.05) is 0 Å². The Bertz CT molecular complexity index is 262. The Morgan fingerprint density at radius 3 is 1.46 bits per heavy atom. The van der Waals surface area contributed by atoms with E-state index in [0.717, 1.165) is 0 Å². The van der Waals surface area contributed by atoms with E-state index in [2.05, 4.69) is 0 Å². The average Bonchev–Trinajstić information content (AvgIpc) is 1.77. The zero-order valence-electron chi connectivity index (χ0n) is 6.09. The minimum absolute atomic E-state index is 1.12. The summed E-state index contributed by atoms with van der Waals surface area (Å²) in [6.45, 7) is 0. The second-order valence-corrected chi connectivity index (χ2v) is 7.27. The molecular formula is C2H8O8P3+. The Morgan fingerprint density at radius 2 is 1.38 bits per heavy atom. The Morgan fingerprint density at radius 1 is 1.08 bits per heavy atom. The fourth-order valence-electron chi connectivity index (χ4n) is 0.548. The van der Waals surface area contributed by atoms with Crippen molar-refractivity contribution >= 4 is 23.2 Å². The molecular weight excluding hydrogens is 245 g/mol. The van der Waals surface area contributed by atoms with Gasteiger partial charge < -0.3 is 19.6 Å². The highest BCUT2D eigenvalue weighted by Crippen LogP contribution is 2.61. The molecule has 0 aromatic rings. The quantitative estimate of drug-likeness (QED) is 0.416.